The number of methoxy groups -OCH3 is 1. The summed E-state index contributed by atoms with van der Waals surface area (Å²) in [7, 11) is -2.86. The molecule has 9 nitrogen and oxygen atoms in total. The molecule has 2 aliphatic rings. The molecular weight excluding hydrogens is 657 g/mol. The number of thioether (sulfide) groups is 1. The first-order valence-corrected chi connectivity index (χ1v) is 14.7. The van der Waals surface area contributed by atoms with Crippen molar-refractivity contribution in [2.45, 2.75) is 11.4 Å². The maximum absolute atomic E-state index is 13.1. The summed E-state index contributed by atoms with van der Waals surface area (Å²) in [5.74, 6) is 0.453. The van der Waals surface area contributed by atoms with Crippen LogP contribution in [-0.4, -0.2) is 38.4 Å². The highest BCUT2D eigenvalue weighted by atomic mass is 79.9. The van der Waals surface area contributed by atoms with Gasteiger partial charge in [0.05, 0.1) is 23.0 Å². The van der Waals surface area contributed by atoms with Crippen molar-refractivity contribution in [2.24, 2.45) is 0 Å². The van der Waals surface area contributed by atoms with E-state index in [2.05, 4.69) is 15.9 Å². The van der Waals surface area contributed by atoms with Gasteiger partial charge in [-0.25, -0.2) is 0 Å². The Hall–Kier alpha value is -2.90. The molecular formula is C25H16BrCl2NO8S2. The molecule has 5 rings (SSSR count). The van der Waals surface area contributed by atoms with Crippen molar-refractivity contribution < 1.29 is 36.4 Å². The van der Waals surface area contributed by atoms with Crippen molar-refractivity contribution in [3.05, 3.63) is 79.1 Å². The van der Waals surface area contributed by atoms with Crippen LogP contribution in [0.1, 0.15) is 11.1 Å². The van der Waals surface area contributed by atoms with E-state index in [9.17, 15) is 18.0 Å². The molecule has 0 N–H and O–H groups in total. The standard InChI is InChI=1S/C25H16BrCl2NO8S2/c1-34-21-7-13(6-17(26)23(21)37-39(32,33)16-4-2-15(27)3-5-16)8-22-24(30)29(25(31)38-22)11-14-9-19-20(10-18(14)28)36-12-35-19/h2-10H,11-12H2,1H3/b22-8-. The molecule has 0 bridgehead atoms. The minimum atomic E-state index is -4.20. The summed E-state index contributed by atoms with van der Waals surface area (Å²) in [6.07, 6.45) is 1.50. The molecule has 14 heteroatoms. The van der Waals surface area contributed by atoms with Crippen molar-refractivity contribution in [3.8, 4) is 23.0 Å². The summed E-state index contributed by atoms with van der Waals surface area (Å²) < 4.78 is 47.2. The molecule has 0 radical (unpaired) electrons. The number of imide groups is 1. The molecule has 1 saturated heterocycles. The highest BCUT2D eigenvalue weighted by Crippen LogP contribution is 2.42. The largest absolute Gasteiger partial charge is 0.493 e. The smallest absolute Gasteiger partial charge is 0.339 e. The van der Waals surface area contributed by atoms with Gasteiger partial charge in [-0.3, -0.25) is 14.5 Å². The molecule has 0 atom stereocenters. The van der Waals surface area contributed by atoms with Crippen molar-refractivity contribution in [1.82, 2.24) is 4.90 Å². The van der Waals surface area contributed by atoms with Gasteiger partial charge in [0.2, 0.25) is 6.79 Å². The number of hydrogen-bond acceptors (Lipinski definition) is 9. The third-order valence-electron chi connectivity index (χ3n) is 5.59. The lowest BCUT2D eigenvalue weighted by Crippen LogP contribution is -2.27. The van der Waals surface area contributed by atoms with Gasteiger partial charge in [0, 0.05) is 16.1 Å². The van der Waals surface area contributed by atoms with Gasteiger partial charge in [-0.05, 0) is 87.4 Å². The van der Waals surface area contributed by atoms with E-state index in [1.54, 1.807) is 12.1 Å². The van der Waals surface area contributed by atoms with Crippen LogP contribution in [0, 0.1) is 0 Å². The van der Waals surface area contributed by atoms with Crippen LogP contribution < -0.4 is 18.4 Å². The lowest BCUT2D eigenvalue weighted by molar-refractivity contribution is -0.123. The van der Waals surface area contributed by atoms with Gasteiger partial charge in [0.1, 0.15) is 4.90 Å². The predicted octanol–water partition coefficient (Wildman–Crippen LogP) is 6.50. The number of hydrogen-bond donors (Lipinski definition) is 0. The molecule has 0 unspecified atom stereocenters. The fraction of sp³-hybridized carbons (Fsp3) is 0.120. The topological polar surface area (TPSA) is 108 Å². The molecule has 2 amide bonds. The molecule has 2 aliphatic heterocycles. The van der Waals surface area contributed by atoms with E-state index in [4.69, 9.17) is 41.6 Å². The van der Waals surface area contributed by atoms with Gasteiger partial charge in [0.15, 0.2) is 23.0 Å². The van der Waals surface area contributed by atoms with Gasteiger partial charge < -0.3 is 18.4 Å². The number of ether oxygens (including phenoxy) is 3. The van der Waals surface area contributed by atoms with Gasteiger partial charge in [-0.1, -0.05) is 23.2 Å². The quantitative estimate of drug-likeness (QED) is 0.205. The van der Waals surface area contributed by atoms with Gasteiger partial charge in [-0.2, -0.15) is 8.42 Å². The minimum Gasteiger partial charge on any atom is -0.493 e. The summed E-state index contributed by atoms with van der Waals surface area (Å²) in [6.45, 7) is 0.00910. The second kappa shape index (κ2) is 10.9. The number of nitrogens with zero attached hydrogens (tertiary/aromatic N) is 1. The van der Waals surface area contributed by atoms with Crippen molar-refractivity contribution in [2.75, 3.05) is 13.9 Å². The highest BCUT2D eigenvalue weighted by Gasteiger charge is 2.36. The second-order valence-electron chi connectivity index (χ2n) is 8.09. The van der Waals surface area contributed by atoms with E-state index in [0.29, 0.717) is 32.7 Å². The SMILES string of the molecule is COc1cc(/C=C2\SC(=O)N(Cc3cc4c(cc3Cl)OCO4)C2=O)cc(Br)c1OS(=O)(=O)c1ccc(Cl)cc1. The number of halogens is 3. The van der Waals surface area contributed by atoms with Crippen LogP contribution in [0.25, 0.3) is 6.08 Å². The zero-order valence-electron chi connectivity index (χ0n) is 19.8. The number of carbonyl (C=O) groups excluding carboxylic acids is 2. The molecule has 202 valence electrons. The van der Waals surface area contributed by atoms with Crippen LogP contribution >= 0.6 is 50.9 Å². The van der Waals surface area contributed by atoms with Crippen molar-refractivity contribution in [3.63, 3.8) is 0 Å². The highest BCUT2D eigenvalue weighted by molar-refractivity contribution is 9.10. The van der Waals surface area contributed by atoms with Gasteiger partial charge >= 0.3 is 10.1 Å². The van der Waals surface area contributed by atoms with E-state index in [1.165, 1.54) is 49.6 Å². The zero-order chi connectivity index (χ0) is 27.9. The summed E-state index contributed by atoms with van der Waals surface area (Å²) in [6, 6.07) is 11.7. The molecule has 39 heavy (non-hydrogen) atoms. The van der Waals surface area contributed by atoms with Crippen molar-refractivity contribution in [1.29, 1.82) is 0 Å². The zero-order valence-corrected chi connectivity index (χ0v) is 24.5. The number of carbonyl (C=O) groups is 2. The molecule has 2 heterocycles. The van der Waals surface area contributed by atoms with Crippen LogP contribution in [0.3, 0.4) is 0 Å². The summed E-state index contributed by atoms with van der Waals surface area (Å²) >= 11 is 16.2. The van der Waals surface area contributed by atoms with E-state index in [1.807, 2.05) is 0 Å². The molecule has 0 aliphatic carbocycles. The average molecular weight is 673 g/mol. The minimum absolute atomic E-state index is 0.0557. The first-order valence-electron chi connectivity index (χ1n) is 11.0. The van der Waals surface area contributed by atoms with Crippen molar-refractivity contribution >= 4 is 78.2 Å². The average Bonchev–Trinajstić information content (AvgIpc) is 3.44. The summed E-state index contributed by atoms with van der Waals surface area (Å²) in [5, 5.41) is 0.237. The van der Waals surface area contributed by atoms with E-state index < -0.39 is 21.3 Å². The lowest BCUT2D eigenvalue weighted by Gasteiger charge is -2.14. The van der Waals surface area contributed by atoms with Crippen LogP contribution in [0.5, 0.6) is 23.0 Å². The molecule has 0 spiro atoms. The number of rotatable bonds is 7. The normalized spacial score (nSPS) is 15.8. The molecule has 3 aromatic rings. The molecule has 3 aromatic carbocycles. The maximum Gasteiger partial charge on any atom is 0.339 e. The second-order valence-corrected chi connectivity index (χ2v) is 12.3. The Kier molecular flexibility index (Phi) is 7.75. The predicted molar refractivity (Wildman–Crippen MR) is 149 cm³/mol. The Morgan fingerprint density at radius 1 is 1.08 bits per heavy atom. The first-order chi connectivity index (χ1) is 18.6. The number of amides is 2. The van der Waals surface area contributed by atoms with Gasteiger partial charge in [-0.15, -0.1) is 0 Å². The fourth-order valence-corrected chi connectivity index (χ4v) is 6.48. The Labute approximate surface area is 245 Å². The van der Waals surface area contributed by atoms with Crippen LogP contribution in [-0.2, 0) is 21.5 Å². The first kappa shape index (κ1) is 27.7. The van der Waals surface area contributed by atoms with E-state index in [0.717, 1.165) is 16.7 Å². The molecule has 0 aromatic heterocycles. The molecule has 1 fully saturated rings. The number of fused-ring (bicyclic) bond motifs is 1. The van der Waals surface area contributed by atoms with Crippen LogP contribution in [0.15, 0.2) is 62.8 Å². The van der Waals surface area contributed by atoms with Crippen LogP contribution in [0.4, 0.5) is 4.79 Å². The summed E-state index contributed by atoms with van der Waals surface area (Å²) in [5.41, 5.74) is 0.985. The number of benzene rings is 3. The van der Waals surface area contributed by atoms with E-state index in [-0.39, 0.29) is 39.1 Å². The Morgan fingerprint density at radius 3 is 2.46 bits per heavy atom. The summed E-state index contributed by atoms with van der Waals surface area (Å²) in [4.78, 5) is 26.9. The fourth-order valence-electron chi connectivity index (χ4n) is 3.70. The maximum atomic E-state index is 13.1. The van der Waals surface area contributed by atoms with E-state index >= 15 is 0 Å². The van der Waals surface area contributed by atoms with Gasteiger partial charge in [0.25, 0.3) is 11.1 Å². The monoisotopic (exact) mass is 671 g/mol. The van der Waals surface area contributed by atoms with Crippen LogP contribution in [0.2, 0.25) is 10.0 Å². The Balaban J connectivity index is 1.39. The lowest BCUT2D eigenvalue weighted by atomic mass is 10.1. The molecule has 0 saturated carbocycles. The Morgan fingerprint density at radius 2 is 1.77 bits per heavy atom. The third-order valence-corrected chi connectivity index (χ3v) is 8.92. The Bertz CT molecular complexity index is 1640. The third kappa shape index (κ3) is 5.71.